The summed E-state index contributed by atoms with van der Waals surface area (Å²) in [7, 11) is 0. The molecule has 5 nitrogen and oxygen atoms in total. The van der Waals surface area contributed by atoms with Gasteiger partial charge in [0.15, 0.2) is 0 Å². The average molecular weight is 300 g/mol. The molecular formula is C10H7BrFN3O2. The zero-order valence-corrected chi connectivity index (χ0v) is 10.1. The molecule has 0 spiro atoms. The fraction of sp³-hybridized carbons (Fsp3) is 0.100. The van der Waals surface area contributed by atoms with Crippen molar-refractivity contribution in [3.63, 3.8) is 0 Å². The minimum Gasteiger partial charge on any atom is -0.313 e. The predicted molar refractivity (Wildman–Crippen MR) is 62.3 cm³/mol. The highest BCUT2D eigenvalue weighted by Crippen LogP contribution is 2.02. The first-order valence-electron chi connectivity index (χ1n) is 4.65. The number of rotatable bonds is 2. The van der Waals surface area contributed by atoms with Gasteiger partial charge >= 0.3 is 5.69 Å². The van der Waals surface area contributed by atoms with Gasteiger partial charge in [-0.15, -0.1) is 0 Å². The Morgan fingerprint density at radius 1 is 1.41 bits per heavy atom. The number of aromatic amines is 1. The molecule has 88 valence electrons. The van der Waals surface area contributed by atoms with Crippen molar-refractivity contribution < 1.29 is 4.39 Å². The van der Waals surface area contributed by atoms with Crippen molar-refractivity contribution in [2.75, 3.05) is 0 Å². The quantitative estimate of drug-likeness (QED) is 0.895. The Morgan fingerprint density at radius 2 is 2.18 bits per heavy atom. The molecule has 0 aliphatic rings. The second-order valence-electron chi connectivity index (χ2n) is 3.34. The lowest BCUT2D eigenvalue weighted by molar-refractivity contribution is 0.612. The summed E-state index contributed by atoms with van der Waals surface area (Å²) in [5, 5.41) is 0. The molecule has 0 radical (unpaired) electrons. The molecule has 0 saturated heterocycles. The van der Waals surface area contributed by atoms with Crippen molar-refractivity contribution in [3.05, 3.63) is 61.3 Å². The maximum Gasteiger partial charge on any atom is 0.328 e. The van der Waals surface area contributed by atoms with Crippen LogP contribution in [0.3, 0.4) is 0 Å². The van der Waals surface area contributed by atoms with Crippen LogP contribution in [-0.2, 0) is 6.54 Å². The summed E-state index contributed by atoms with van der Waals surface area (Å²) in [5.41, 5.74) is -0.587. The molecular weight excluding hydrogens is 293 g/mol. The van der Waals surface area contributed by atoms with Crippen LogP contribution in [0.1, 0.15) is 5.56 Å². The first-order chi connectivity index (χ1) is 8.08. The van der Waals surface area contributed by atoms with Gasteiger partial charge in [0.05, 0.1) is 17.2 Å². The molecule has 0 saturated carbocycles. The normalized spacial score (nSPS) is 10.5. The van der Waals surface area contributed by atoms with E-state index in [-0.39, 0.29) is 11.0 Å². The van der Waals surface area contributed by atoms with Gasteiger partial charge in [-0.3, -0.25) is 14.3 Å². The first kappa shape index (κ1) is 11.7. The second-order valence-corrected chi connectivity index (χ2v) is 4.20. The number of H-pyrrole nitrogens is 1. The van der Waals surface area contributed by atoms with Crippen LogP contribution in [0, 0.1) is 5.82 Å². The number of nitrogens with one attached hydrogen (secondary N) is 1. The SMILES string of the molecule is O=c1[nH]cc(Br)c(=O)n1Cc1cncc(F)c1. The van der Waals surface area contributed by atoms with Crippen LogP contribution in [0.2, 0.25) is 0 Å². The van der Waals surface area contributed by atoms with E-state index in [1.54, 1.807) is 0 Å². The molecule has 0 atom stereocenters. The van der Waals surface area contributed by atoms with Crippen molar-refractivity contribution in [3.8, 4) is 0 Å². The van der Waals surface area contributed by atoms with Crippen LogP contribution in [0.15, 0.2) is 38.7 Å². The molecule has 2 aromatic heterocycles. The van der Waals surface area contributed by atoms with Gasteiger partial charge in [-0.2, -0.15) is 0 Å². The van der Waals surface area contributed by atoms with E-state index in [9.17, 15) is 14.0 Å². The van der Waals surface area contributed by atoms with Crippen molar-refractivity contribution in [1.82, 2.24) is 14.5 Å². The summed E-state index contributed by atoms with van der Waals surface area (Å²) < 4.78 is 14.1. The smallest absolute Gasteiger partial charge is 0.313 e. The van der Waals surface area contributed by atoms with Crippen LogP contribution in [0.5, 0.6) is 0 Å². The summed E-state index contributed by atoms with van der Waals surface area (Å²) in [5.74, 6) is -0.512. The Balaban J connectivity index is 2.47. The Labute approximate surface area is 103 Å². The molecule has 17 heavy (non-hydrogen) atoms. The van der Waals surface area contributed by atoms with Crippen molar-refractivity contribution >= 4 is 15.9 Å². The van der Waals surface area contributed by atoms with Crippen LogP contribution in [0.25, 0.3) is 0 Å². The van der Waals surface area contributed by atoms with Crippen molar-refractivity contribution in [1.29, 1.82) is 0 Å². The number of pyridine rings is 1. The van der Waals surface area contributed by atoms with Gasteiger partial charge in [0.2, 0.25) is 0 Å². The average Bonchev–Trinajstić information content (AvgIpc) is 2.30. The summed E-state index contributed by atoms with van der Waals surface area (Å²) >= 11 is 3.01. The molecule has 0 amide bonds. The summed E-state index contributed by atoms with van der Waals surface area (Å²) in [6.07, 6.45) is 3.72. The number of halogens is 2. The van der Waals surface area contributed by atoms with Crippen LogP contribution < -0.4 is 11.2 Å². The van der Waals surface area contributed by atoms with Crippen LogP contribution in [0.4, 0.5) is 4.39 Å². The predicted octanol–water partition coefficient (Wildman–Crippen LogP) is 0.882. The highest BCUT2D eigenvalue weighted by molar-refractivity contribution is 9.10. The highest BCUT2D eigenvalue weighted by atomic mass is 79.9. The minimum absolute atomic E-state index is 0.0294. The third-order valence-corrected chi connectivity index (χ3v) is 2.69. The van der Waals surface area contributed by atoms with E-state index in [2.05, 4.69) is 25.9 Å². The van der Waals surface area contributed by atoms with E-state index in [4.69, 9.17) is 0 Å². The lowest BCUT2D eigenvalue weighted by atomic mass is 10.3. The molecule has 0 aliphatic heterocycles. The number of aromatic nitrogens is 3. The molecule has 0 bridgehead atoms. The van der Waals surface area contributed by atoms with Crippen molar-refractivity contribution in [2.45, 2.75) is 6.54 Å². The third kappa shape index (κ3) is 2.50. The molecule has 2 aromatic rings. The Bertz CT molecular complexity index is 665. The van der Waals surface area contributed by atoms with Gasteiger partial charge < -0.3 is 4.98 Å². The third-order valence-electron chi connectivity index (χ3n) is 2.12. The van der Waals surface area contributed by atoms with E-state index in [1.807, 2.05) is 0 Å². The summed E-state index contributed by atoms with van der Waals surface area (Å²) in [6, 6.07) is 1.22. The largest absolute Gasteiger partial charge is 0.328 e. The zero-order valence-electron chi connectivity index (χ0n) is 8.48. The highest BCUT2D eigenvalue weighted by Gasteiger charge is 2.06. The summed E-state index contributed by atoms with van der Waals surface area (Å²) in [6.45, 7) is -0.0294. The molecule has 1 N–H and O–H groups in total. The van der Waals surface area contributed by atoms with Gasteiger partial charge in [0, 0.05) is 12.4 Å². The fourth-order valence-electron chi connectivity index (χ4n) is 1.35. The molecule has 2 rings (SSSR count). The molecule has 2 heterocycles. The molecule has 0 aliphatic carbocycles. The van der Waals surface area contributed by atoms with Crippen LogP contribution in [-0.4, -0.2) is 14.5 Å². The molecule has 0 fully saturated rings. The number of nitrogens with zero attached hydrogens (tertiary/aromatic N) is 2. The van der Waals surface area contributed by atoms with E-state index in [1.165, 1.54) is 18.5 Å². The van der Waals surface area contributed by atoms with E-state index >= 15 is 0 Å². The van der Waals surface area contributed by atoms with E-state index < -0.39 is 17.1 Å². The first-order valence-corrected chi connectivity index (χ1v) is 5.44. The van der Waals surface area contributed by atoms with Gasteiger partial charge in [-0.25, -0.2) is 9.18 Å². The van der Waals surface area contributed by atoms with E-state index in [0.29, 0.717) is 5.56 Å². The number of hydrogen-bond acceptors (Lipinski definition) is 3. The van der Waals surface area contributed by atoms with E-state index in [0.717, 1.165) is 10.8 Å². The lowest BCUT2D eigenvalue weighted by Gasteiger charge is -2.04. The molecule has 7 heteroatoms. The molecule has 0 aromatic carbocycles. The Hall–Kier alpha value is -1.76. The second kappa shape index (κ2) is 4.62. The minimum atomic E-state index is -0.553. The topological polar surface area (TPSA) is 67.8 Å². The van der Waals surface area contributed by atoms with Gasteiger partial charge in [0.25, 0.3) is 5.56 Å². The summed E-state index contributed by atoms with van der Waals surface area (Å²) in [4.78, 5) is 29.2. The maximum absolute atomic E-state index is 12.9. The van der Waals surface area contributed by atoms with Gasteiger partial charge in [-0.1, -0.05) is 0 Å². The Morgan fingerprint density at radius 3 is 2.88 bits per heavy atom. The Kier molecular flexibility index (Phi) is 3.19. The standard InChI is InChI=1S/C10H7BrFN3O2/c11-8-4-14-10(17)15(9(8)16)5-6-1-7(12)3-13-2-6/h1-4H,5H2,(H,14,17). The van der Waals surface area contributed by atoms with Crippen LogP contribution >= 0.6 is 15.9 Å². The lowest BCUT2D eigenvalue weighted by Crippen LogP contribution is -2.35. The van der Waals surface area contributed by atoms with Crippen molar-refractivity contribution in [2.24, 2.45) is 0 Å². The number of hydrogen-bond donors (Lipinski definition) is 1. The maximum atomic E-state index is 12.9. The van der Waals surface area contributed by atoms with Gasteiger partial charge in [-0.05, 0) is 27.6 Å². The monoisotopic (exact) mass is 299 g/mol. The zero-order chi connectivity index (χ0) is 12.4. The van der Waals surface area contributed by atoms with Gasteiger partial charge in [0.1, 0.15) is 5.82 Å². The molecule has 0 unspecified atom stereocenters. The fourth-order valence-corrected chi connectivity index (χ4v) is 1.68.